The van der Waals surface area contributed by atoms with Crippen LogP contribution in [0.15, 0.2) is 54.6 Å². The van der Waals surface area contributed by atoms with Gasteiger partial charge in [0.1, 0.15) is 11.8 Å². The highest BCUT2D eigenvalue weighted by Gasteiger charge is 2.24. The molecule has 0 saturated heterocycles. The molecule has 5 heteroatoms. The Labute approximate surface area is 148 Å². The number of carbonyl (C=O) groups excluding carboxylic acids is 2. The van der Waals surface area contributed by atoms with Gasteiger partial charge in [-0.2, -0.15) is 0 Å². The molecule has 132 valence electrons. The van der Waals surface area contributed by atoms with E-state index in [-0.39, 0.29) is 17.7 Å². The maximum atomic E-state index is 12.5. The highest BCUT2D eigenvalue weighted by Crippen LogP contribution is 2.14. The molecular weight excluding hydrogens is 316 g/mol. The van der Waals surface area contributed by atoms with Crippen molar-refractivity contribution in [3.63, 3.8) is 0 Å². The van der Waals surface area contributed by atoms with Gasteiger partial charge in [-0.05, 0) is 49.2 Å². The summed E-state index contributed by atoms with van der Waals surface area (Å²) in [6.07, 6.45) is 0. The predicted octanol–water partition coefficient (Wildman–Crippen LogP) is 3.48. The van der Waals surface area contributed by atoms with Gasteiger partial charge >= 0.3 is 0 Å². The molecule has 1 atom stereocenters. The maximum Gasteiger partial charge on any atom is 0.251 e. The summed E-state index contributed by atoms with van der Waals surface area (Å²) in [7, 11) is 0. The first-order chi connectivity index (χ1) is 12.0. The molecule has 0 bridgehead atoms. The molecular formula is C20H24N2O3. The Bertz CT molecular complexity index is 697. The number of hydrogen-bond acceptors (Lipinski definition) is 3. The van der Waals surface area contributed by atoms with Gasteiger partial charge in [-0.15, -0.1) is 0 Å². The second-order valence-electron chi connectivity index (χ2n) is 6.01. The number of hydrogen-bond donors (Lipinski definition) is 2. The largest absolute Gasteiger partial charge is 0.494 e. The third-order valence-electron chi connectivity index (χ3n) is 3.70. The molecule has 0 spiro atoms. The molecule has 0 aliphatic rings. The Hall–Kier alpha value is -2.82. The summed E-state index contributed by atoms with van der Waals surface area (Å²) in [5.41, 5.74) is 1.19. The van der Waals surface area contributed by atoms with Crippen LogP contribution in [0, 0.1) is 5.92 Å². The number of benzene rings is 2. The first kappa shape index (κ1) is 18.5. The van der Waals surface area contributed by atoms with Gasteiger partial charge in [0.05, 0.1) is 6.61 Å². The lowest BCUT2D eigenvalue weighted by atomic mass is 10.0. The van der Waals surface area contributed by atoms with E-state index in [0.29, 0.717) is 23.6 Å². The van der Waals surface area contributed by atoms with Gasteiger partial charge in [0.2, 0.25) is 5.91 Å². The molecule has 0 aliphatic heterocycles. The molecule has 2 aromatic carbocycles. The topological polar surface area (TPSA) is 67.4 Å². The van der Waals surface area contributed by atoms with E-state index in [1.54, 1.807) is 24.3 Å². The molecule has 2 N–H and O–H groups in total. The van der Waals surface area contributed by atoms with Crippen LogP contribution in [0.25, 0.3) is 0 Å². The predicted molar refractivity (Wildman–Crippen MR) is 98.8 cm³/mol. The van der Waals surface area contributed by atoms with Gasteiger partial charge in [-0.25, -0.2) is 0 Å². The summed E-state index contributed by atoms with van der Waals surface area (Å²) in [6.45, 7) is 6.27. The molecule has 2 rings (SSSR count). The summed E-state index contributed by atoms with van der Waals surface area (Å²) >= 11 is 0. The van der Waals surface area contributed by atoms with Crippen molar-refractivity contribution in [2.24, 2.45) is 5.92 Å². The Morgan fingerprint density at radius 3 is 2.20 bits per heavy atom. The monoisotopic (exact) mass is 340 g/mol. The first-order valence-corrected chi connectivity index (χ1v) is 8.41. The Morgan fingerprint density at radius 1 is 1.00 bits per heavy atom. The molecule has 2 amide bonds. The first-order valence-electron chi connectivity index (χ1n) is 8.41. The fourth-order valence-electron chi connectivity index (χ4n) is 2.37. The molecule has 0 radical (unpaired) electrons. The van der Waals surface area contributed by atoms with Gasteiger partial charge in [0.25, 0.3) is 5.91 Å². The van der Waals surface area contributed by atoms with E-state index < -0.39 is 6.04 Å². The number of rotatable bonds is 7. The van der Waals surface area contributed by atoms with Gasteiger partial charge < -0.3 is 15.4 Å². The van der Waals surface area contributed by atoms with Crippen LogP contribution in [0.2, 0.25) is 0 Å². The van der Waals surface area contributed by atoms with Crippen LogP contribution >= 0.6 is 0 Å². The molecule has 2 aromatic rings. The van der Waals surface area contributed by atoms with Crippen molar-refractivity contribution in [2.45, 2.75) is 26.8 Å². The SMILES string of the molecule is CCOc1ccc(C(=O)N[C@@H](C(=O)Nc2ccccc2)C(C)C)cc1. The zero-order valence-corrected chi connectivity index (χ0v) is 14.8. The molecule has 0 fully saturated rings. The molecule has 5 nitrogen and oxygen atoms in total. The number of para-hydroxylation sites is 1. The van der Waals surface area contributed by atoms with E-state index in [2.05, 4.69) is 10.6 Å². The normalized spacial score (nSPS) is 11.7. The number of carbonyl (C=O) groups is 2. The van der Waals surface area contributed by atoms with E-state index in [9.17, 15) is 9.59 Å². The minimum atomic E-state index is -0.626. The number of amides is 2. The van der Waals surface area contributed by atoms with Crippen LogP contribution in [-0.2, 0) is 4.79 Å². The summed E-state index contributed by atoms with van der Waals surface area (Å²) in [6, 6.07) is 15.4. The average molecular weight is 340 g/mol. The minimum absolute atomic E-state index is 0.0460. The summed E-state index contributed by atoms with van der Waals surface area (Å²) in [5, 5.41) is 5.64. The Balaban J connectivity index is 2.04. The lowest BCUT2D eigenvalue weighted by Gasteiger charge is -2.22. The van der Waals surface area contributed by atoms with Gasteiger partial charge in [0, 0.05) is 11.3 Å². The van der Waals surface area contributed by atoms with Crippen LogP contribution < -0.4 is 15.4 Å². The van der Waals surface area contributed by atoms with E-state index >= 15 is 0 Å². The molecule has 25 heavy (non-hydrogen) atoms. The van der Waals surface area contributed by atoms with E-state index in [1.807, 2.05) is 51.1 Å². The van der Waals surface area contributed by atoms with Crippen molar-refractivity contribution in [2.75, 3.05) is 11.9 Å². The van der Waals surface area contributed by atoms with Crippen molar-refractivity contribution in [3.05, 3.63) is 60.2 Å². The number of anilines is 1. The van der Waals surface area contributed by atoms with Crippen LogP contribution in [0.3, 0.4) is 0 Å². The zero-order chi connectivity index (χ0) is 18.2. The van der Waals surface area contributed by atoms with Crippen LogP contribution in [0.1, 0.15) is 31.1 Å². The van der Waals surface area contributed by atoms with Crippen LogP contribution in [-0.4, -0.2) is 24.5 Å². The van der Waals surface area contributed by atoms with Gasteiger partial charge in [-0.3, -0.25) is 9.59 Å². The lowest BCUT2D eigenvalue weighted by molar-refractivity contribution is -0.118. The number of ether oxygens (including phenoxy) is 1. The van der Waals surface area contributed by atoms with Crippen LogP contribution in [0.5, 0.6) is 5.75 Å². The van der Waals surface area contributed by atoms with E-state index in [0.717, 1.165) is 0 Å². The summed E-state index contributed by atoms with van der Waals surface area (Å²) < 4.78 is 5.37. The van der Waals surface area contributed by atoms with Crippen molar-refractivity contribution < 1.29 is 14.3 Å². The second-order valence-corrected chi connectivity index (χ2v) is 6.01. The smallest absolute Gasteiger partial charge is 0.251 e. The highest BCUT2D eigenvalue weighted by molar-refractivity contribution is 6.01. The second kappa shape index (κ2) is 8.87. The van der Waals surface area contributed by atoms with Crippen molar-refractivity contribution in [1.29, 1.82) is 0 Å². The highest BCUT2D eigenvalue weighted by atomic mass is 16.5. The average Bonchev–Trinajstić information content (AvgIpc) is 2.61. The van der Waals surface area contributed by atoms with Crippen molar-refractivity contribution in [3.8, 4) is 5.75 Å². The van der Waals surface area contributed by atoms with Crippen LogP contribution in [0.4, 0.5) is 5.69 Å². The summed E-state index contributed by atoms with van der Waals surface area (Å²) in [4.78, 5) is 25.0. The van der Waals surface area contributed by atoms with Crippen molar-refractivity contribution in [1.82, 2.24) is 5.32 Å². The van der Waals surface area contributed by atoms with Gasteiger partial charge in [0.15, 0.2) is 0 Å². The maximum absolute atomic E-state index is 12.5. The zero-order valence-electron chi connectivity index (χ0n) is 14.8. The molecule has 0 aromatic heterocycles. The molecule has 0 aliphatic carbocycles. The molecule has 0 unspecified atom stereocenters. The van der Waals surface area contributed by atoms with E-state index in [4.69, 9.17) is 4.74 Å². The fourth-order valence-corrected chi connectivity index (χ4v) is 2.37. The lowest BCUT2D eigenvalue weighted by Crippen LogP contribution is -2.47. The van der Waals surface area contributed by atoms with E-state index in [1.165, 1.54) is 0 Å². The number of nitrogens with one attached hydrogen (secondary N) is 2. The molecule has 0 heterocycles. The third kappa shape index (κ3) is 5.35. The Morgan fingerprint density at radius 2 is 1.64 bits per heavy atom. The standard InChI is InChI=1S/C20H24N2O3/c1-4-25-17-12-10-15(11-13-17)19(23)22-18(14(2)3)20(24)21-16-8-6-5-7-9-16/h5-14,18H,4H2,1-3H3,(H,21,24)(H,22,23)/t18-/m1/s1. The Kier molecular flexibility index (Phi) is 6.57. The quantitative estimate of drug-likeness (QED) is 0.811. The fraction of sp³-hybridized carbons (Fsp3) is 0.300. The van der Waals surface area contributed by atoms with Gasteiger partial charge in [-0.1, -0.05) is 32.0 Å². The summed E-state index contributed by atoms with van der Waals surface area (Å²) in [5.74, 6) is 0.141. The van der Waals surface area contributed by atoms with Crippen molar-refractivity contribution >= 4 is 17.5 Å². The minimum Gasteiger partial charge on any atom is -0.494 e. The molecule has 0 saturated carbocycles. The third-order valence-corrected chi connectivity index (χ3v) is 3.70.